The second-order valence-corrected chi connectivity index (χ2v) is 2.81. The zero-order chi connectivity index (χ0) is 8.81. The second kappa shape index (κ2) is 7.10. The molecule has 6 heteroatoms. The first-order chi connectivity index (χ1) is 5.83. The van der Waals surface area contributed by atoms with Gasteiger partial charge in [-0.3, -0.25) is 0 Å². The summed E-state index contributed by atoms with van der Waals surface area (Å²) in [5, 5.41) is 0. The van der Waals surface area contributed by atoms with Crippen molar-refractivity contribution in [3.63, 3.8) is 0 Å². The van der Waals surface area contributed by atoms with Crippen LogP contribution in [0.5, 0.6) is 5.75 Å². The molecule has 1 aromatic carbocycles. The van der Waals surface area contributed by atoms with E-state index >= 15 is 0 Å². The van der Waals surface area contributed by atoms with Crippen molar-refractivity contribution in [2.45, 2.75) is 0 Å². The van der Waals surface area contributed by atoms with Crippen LogP contribution in [0.2, 0.25) is 0 Å². The fourth-order valence-corrected chi connectivity index (χ4v) is 1.12. The van der Waals surface area contributed by atoms with E-state index in [4.69, 9.17) is 10.3 Å². The molecular weight excluding hydrogens is 242 g/mol. The van der Waals surface area contributed by atoms with Gasteiger partial charge in [0.25, 0.3) is 0 Å². The van der Waals surface area contributed by atoms with Gasteiger partial charge in [0, 0.05) is 24.0 Å². The van der Waals surface area contributed by atoms with Gasteiger partial charge in [0.2, 0.25) is 0 Å². The Morgan fingerprint density at radius 1 is 1.31 bits per heavy atom. The van der Waals surface area contributed by atoms with Crippen LogP contribution in [-0.4, -0.2) is 6.73 Å². The van der Waals surface area contributed by atoms with E-state index in [1.54, 1.807) is 24.3 Å². The van der Waals surface area contributed by atoms with Gasteiger partial charge in [-0.05, 0) is 12.1 Å². The van der Waals surface area contributed by atoms with Crippen LogP contribution in [0.15, 0.2) is 30.3 Å². The first-order valence-electron chi connectivity index (χ1n) is 3.36. The van der Waals surface area contributed by atoms with Gasteiger partial charge in [-0.15, -0.1) is 0 Å². The maximum atomic E-state index is 10.8. The van der Waals surface area contributed by atoms with Crippen LogP contribution in [0.1, 0.15) is 0 Å². The van der Waals surface area contributed by atoms with E-state index in [-0.39, 0.29) is 26.2 Å². The molecule has 0 amide bonds. The number of hydrogen-bond donors (Lipinski definition) is 1. The minimum Gasteiger partial charge on any atom is -0.304 e. The summed E-state index contributed by atoms with van der Waals surface area (Å²) >= 11 is 0. The van der Waals surface area contributed by atoms with Crippen LogP contribution in [0, 0.1) is 0 Å². The third kappa shape index (κ3) is 5.07. The van der Waals surface area contributed by atoms with Gasteiger partial charge in [0.05, 0.1) is 0 Å². The van der Waals surface area contributed by atoms with Crippen LogP contribution < -0.4 is 10.3 Å². The molecule has 4 nitrogen and oxygen atoms in total. The molecule has 1 rings (SSSR count). The first kappa shape index (κ1) is 12.7. The molecule has 66 valence electrons. The summed E-state index contributed by atoms with van der Waals surface area (Å²) in [6.45, 7) is -0.109. The Bertz CT molecular complexity index is 257. The Morgan fingerprint density at radius 3 is 2.46 bits per heavy atom. The number of benzene rings is 1. The van der Waals surface area contributed by atoms with Crippen molar-refractivity contribution in [2.75, 3.05) is 6.73 Å². The van der Waals surface area contributed by atoms with Gasteiger partial charge < -0.3 is 5.73 Å². The summed E-state index contributed by atoms with van der Waals surface area (Å²) in [6, 6.07) is 8.77. The molecule has 0 aliphatic carbocycles. The standard InChI is InChI=1S/C7H9NO3P.Zn/c8-6-10-12(9)11-7-4-2-1-3-5-7;/h1-5H,6,8H2;/q+1;. The molecule has 0 saturated heterocycles. The minimum atomic E-state index is -2.13. The molecule has 0 aromatic heterocycles. The Balaban J connectivity index is 0.00000144. The van der Waals surface area contributed by atoms with Crippen molar-refractivity contribution in [2.24, 2.45) is 5.73 Å². The summed E-state index contributed by atoms with van der Waals surface area (Å²) < 4.78 is 20.2. The van der Waals surface area contributed by atoms with Crippen molar-refractivity contribution in [1.82, 2.24) is 0 Å². The molecule has 1 atom stereocenters. The molecule has 0 fully saturated rings. The van der Waals surface area contributed by atoms with Gasteiger partial charge in [-0.1, -0.05) is 22.7 Å². The average Bonchev–Trinajstić information content (AvgIpc) is 2.06. The molecule has 0 heterocycles. The van der Waals surface area contributed by atoms with Crippen LogP contribution in [0.4, 0.5) is 0 Å². The second-order valence-electron chi connectivity index (χ2n) is 1.92. The zero-order valence-electron chi connectivity index (χ0n) is 7.05. The summed E-state index contributed by atoms with van der Waals surface area (Å²) in [7, 11) is -2.13. The largest absolute Gasteiger partial charge is 0.751 e. The topological polar surface area (TPSA) is 61.5 Å². The molecule has 0 radical (unpaired) electrons. The quantitative estimate of drug-likeness (QED) is 0.502. The summed E-state index contributed by atoms with van der Waals surface area (Å²) in [6.07, 6.45) is 0. The summed E-state index contributed by atoms with van der Waals surface area (Å²) in [5.74, 6) is 0.507. The average molecular weight is 252 g/mol. The molecule has 0 spiro atoms. The van der Waals surface area contributed by atoms with Crippen LogP contribution >= 0.6 is 8.25 Å². The predicted octanol–water partition coefficient (Wildman–Crippen LogP) is 1.65. The van der Waals surface area contributed by atoms with Crippen molar-refractivity contribution < 1.29 is 33.1 Å². The van der Waals surface area contributed by atoms with Crippen molar-refractivity contribution in [3.05, 3.63) is 30.3 Å². The van der Waals surface area contributed by atoms with E-state index in [1.807, 2.05) is 6.07 Å². The Kier molecular flexibility index (Phi) is 6.92. The fourth-order valence-electron chi connectivity index (χ4n) is 0.655. The maximum absolute atomic E-state index is 10.8. The van der Waals surface area contributed by atoms with E-state index in [1.165, 1.54) is 0 Å². The van der Waals surface area contributed by atoms with E-state index < -0.39 is 8.25 Å². The molecule has 1 unspecified atom stereocenters. The molecule has 13 heavy (non-hydrogen) atoms. The monoisotopic (exact) mass is 250 g/mol. The molecule has 0 saturated carbocycles. The van der Waals surface area contributed by atoms with Gasteiger partial charge in [-0.25, -0.2) is 4.52 Å². The van der Waals surface area contributed by atoms with E-state index in [2.05, 4.69) is 4.52 Å². The maximum Gasteiger partial charge on any atom is 0.751 e. The first-order valence-corrected chi connectivity index (χ1v) is 4.45. The van der Waals surface area contributed by atoms with Crippen LogP contribution in [0.25, 0.3) is 0 Å². The Morgan fingerprint density at radius 2 is 1.92 bits per heavy atom. The smallest absolute Gasteiger partial charge is 0.304 e. The zero-order valence-corrected chi connectivity index (χ0v) is 10.9. The van der Waals surface area contributed by atoms with Crippen molar-refractivity contribution in [1.29, 1.82) is 0 Å². The Labute approximate surface area is 90.1 Å². The molecule has 0 bridgehead atoms. The molecule has 0 aliphatic rings. The molecule has 2 N–H and O–H groups in total. The summed E-state index contributed by atoms with van der Waals surface area (Å²) in [4.78, 5) is 0. The SMILES string of the molecule is NCO[P+](=O)Oc1ccccc1.[Zn]. The number of para-hydroxylation sites is 1. The van der Waals surface area contributed by atoms with Gasteiger partial charge in [0.15, 0.2) is 12.5 Å². The number of nitrogens with two attached hydrogens (primary N) is 1. The number of hydrogen-bond acceptors (Lipinski definition) is 4. The van der Waals surface area contributed by atoms with E-state index in [0.717, 1.165) is 0 Å². The Hall–Kier alpha value is -0.337. The van der Waals surface area contributed by atoms with Gasteiger partial charge >= 0.3 is 8.25 Å². The number of rotatable bonds is 4. The van der Waals surface area contributed by atoms with Gasteiger partial charge in [0.1, 0.15) is 0 Å². The van der Waals surface area contributed by atoms with Crippen LogP contribution in [0.3, 0.4) is 0 Å². The van der Waals surface area contributed by atoms with E-state index in [9.17, 15) is 4.57 Å². The normalized spacial score (nSPS) is 10.1. The third-order valence-corrected chi connectivity index (χ3v) is 1.82. The minimum absolute atomic E-state index is 0. The van der Waals surface area contributed by atoms with Crippen LogP contribution in [-0.2, 0) is 28.6 Å². The molecular formula is C7H9NO3PZn+. The van der Waals surface area contributed by atoms with E-state index in [0.29, 0.717) is 5.75 Å². The molecule has 0 aliphatic heterocycles. The third-order valence-electron chi connectivity index (χ3n) is 1.10. The van der Waals surface area contributed by atoms with Gasteiger partial charge in [-0.2, -0.15) is 0 Å². The van der Waals surface area contributed by atoms with Crippen molar-refractivity contribution >= 4 is 8.25 Å². The van der Waals surface area contributed by atoms with Crippen molar-refractivity contribution in [3.8, 4) is 5.75 Å². The molecule has 1 aromatic rings. The predicted molar refractivity (Wildman–Crippen MR) is 44.8 cm³/mol. The fraction of sp³-hybridized carbons (Fsp3) is 0.143. The summed E-state index contributed by atoms with van der Waals surface area (Å²) in [5.41, 5.74) is 5.00.